The summed E-state index contributed by atoms with van der Waals surface area (Å²) in [4.78, 5) is 12.7. The van der Waals surface area contributed by atoms with Gasteiger partial charge in [-0.05, 0) is 44.4 Å². The van der Waals surface area contributed by atoms with Gasteiger partial charge in [-0.1, -0.05) is 47.0 Å². The normalized spacial score (nSPS) is 17.5. The monoisotopic (exact) mass is 297 g/mol. The SMILES string of the molecule is CCOC(=O)C(CC(C)C)(CC(C)C)NC1CCCCC1. The number of hydrogen-bond donors (Lipinski definition) is 1. The summed E-state index contributed by atoms with van der Waals surface area (Å²) in [6, 6.07) is 0.473. The number of carbonyl (C=O) groups is 1. The van der Waals surface area contributed by atoms with E-state index in [2.05, 4.69) is 33.0 Å². The molecule has 0 unspecified atom stereocenters. The first-order valence-corrected chi connectivity index (χ1v) is 8.84. The van der Waals surface area contributed by atoms with Crippen LogP contribution in [0.4, 0.5) is 0 Å². The lowest BCUT2D eigenvalue weighted by Gasteiger charge is -2.39. The Morgan fingerprint density at radius 2 is 1.62 bits per heavy atom. The number of nitrogens with one attached hydrogen (secondary N) is 1. The van der Waals surface area contributed by atoms with E-state index in [1.807, 2.05) is 6.92 Å². The molecule has 0 bridgehead atoms. The lowest BCUT2D eigenvalue weighted by Crippen LogP contribution is -2.58. The summed E-state index contributed by atoms with van der Waals surface area (Å²) in [6.45, 7) is 11.1. The Labute approximate surface area is 131 Å². The first-order chi connectivity index (χ1) is 9.89. The number of ether oxygens (including phenoxy) is 1. The van der Waals surface area contributed by atoms with Crippen LogP contribution < -0.4 is 5.32 Å². The van der Waals surface area contributed by atoms with Crippen LogP contribution in [0.15, 0.2) is 0 Å². The second kappa shape index (κ2) is 8.77. The zero-order chi connectivity index (χ0) is 15.9. The Morgan fingerprint density at radius 3 is 2.05 bits per heavy atom. The molecule has 1 aliphatic rings. The molecule has 0 amide bonds. The average Bonchev–Trinajstić information content (AvgIpc) is 2.38. The summed E-state index contributed by atoms with van der Waals surface area (Å²) in [5.74, 6) is 0.909. The Balaban J connectivity index is 2.92. The third-order valence-corrected chi connectivity index (χ3v) is 4.27. The van der Waals surface area contributed by atoms with Gasteiger partial charge in [0.1, 0.15) is 5.54 Å². The van der Waals surface area contributed by atoms with E-state index >= 15 is 0 Å². The summed E-state index contributed by atoms with van der Waals surface area (Å²) < 4.78 is 5.45. The molecule has 1 N–H and O–H groups in total. The van der Waals surface area contributed by atoms with E-state index in [9.17, 15) is 4.79 Å². The smallest absolute Gasteiger partial charge is 0.326 e. The van der Waals surface area contributed by atoms with Crippen LogP contribution in [0.1, 0.15) is 79.6 Å². The molecule has 124 valence electrons. The topological polar surface area (TPSA) is 38.3 Å². The fourth-order valence-electron chi connectivity index (χ4n) is 3.73. The first-order valence-electron chi connectivity index (χ1n) is 8.84. The average molecular weight is 297 g/mol. The van der Waals surface area contributed by atoms with Gasteiger partial charge in [0, 0.05) is 6.04 Å². The molecule has 0 heterocycles. The fourth-order valence-corrected chi connectivity index (χ4v) is 3.73. The van der Waals surface area contributed by atoms with Crippen molar-refractivity contribution < 1.29 is 9.53 Å². The van der Waals surface area contributed by atoms with Crippen LogP contribution in [0.5, 0.6) is 0 Å². The number of rotatable bonds is 8. The molecule has 0 aliphatic heterocycles. The van der Waals surface area contributed by atoms with E-state index < -0.39 is 5.54 Å². The maximum atomic E-state index is 12.7. The van der Waals surface area contributed by atoms with Gasteiger partial charge in [-0.15, -0.1) is 0 Å². The summed E-state index contributed by atoms with van der Waals surface area (Å²) >= 11 is 0. The lowest BCUT2D eigenvalue weighted by molar-refractivity contribution is -0.153. The zero-order valence-corrected chi connectivity index (χ0v) is 14.7. The number of hydrogen-bond acceptors (Lipinski definition) is 3. The maximum Gasteiger partial charge on any atom is 0.326 e. The van der Waals surface area contributed by atoms with E-state index in [1.54, 1.807) is 0 Å². The van der Waals surface area contributed by atoms with E-state index in [1.165, 1.54) is 32.1 Å². The van der Waals surface area contributed by atoms with Crippen molar-refractivity contribution in [2.75, 3.05) is 6.61 Å². The Bertz CT molecular complexity index is 296. The largest absolute Gasteiger partial charge is 0.465 e. The van der Waals surface area contributed by atoms with Crippen LogP contribution in [0.2, 0.25) is 0 Å². The molecule has 0 aromatic rings. The zero-order valence-electron chi connectivity index (χ0n) is 14.7. The van der Waals surface area contributed by atoms with Gasteiger partial charge in [-0.2, -0.15) is 0 Å². The molecule has 1 aliphatic carbocycles. The van der Waals surface area contributed by atoms with Crippen molar-refractivity contribution in [2.24, 2.45) is 11.8 Å². The standard InChI is InChI=1S/C18H35NO2/c1-6-21-17(20)18(12-14(2)3,13-15(4)5)19-16-10-8-7-9-11-16/h14-16,19H,6-13H2,1-5H3. The van der Waals surface area contributed by atoms with E-state index in [4.69, 9.17) is 4.74 Å². The molecule has 3 heteroatoms. The number of esters is 1. The highest BCUT2D eigenvalue weighted by Gasteiger charge is 2.42. The van der Waals surface area contributed by atoms with Gasteiger partial charge in [0.15, 0.2) is 0 Å². The van der Waals surface area contributed by atoms with Crippen molar-refractivity contribution in [2.45, 2.75) is 91.1 Å². The van der Waals surface area contributed by atoms with Crippen LogP contribution >= 0.6 is 0 Å². The molecule has 0 aromatic carbocycles. The van der Waals surface area contributed by atoms with Crippen LogP contribution in [0.25, 0.3) is 0 Å². The van der Waals surface area contributed by atoms with Gasteiger partial charge in [0.25, 0.3) is 0 Å². The molecular weight excluding hydrogens is 262 g/mol. The van der Waals surface area contributed by atoms with E-state index in [0.29, 0.717) is 24.5 Å². The third kappa shape index (κ3) is 5.98. The predicted octanol–water partition coefficient (Wildman–Crippen LogP) is 4.30. The highest BCUT2D eigenvalue weighted by atomic mass is 16.5. The highest BCUT2D eigenvalue weighted by molar-refractivity contribution is 5.81. The molecule has 3 nitrogen and oxygen atoms in total. The molecule has 0 aromatic heterocycles. The Hall–Kier alpha value is -0.570. The third-order valence-electron chi connectivity index (χ3n) is 4.27. The van der Waals surface area contributed by atoms with Gasteiger partial charge in [-0.3, -0.25) is 10.1 Å². The van der Waals surface area contributed by atoms with Crippen LogP contribution in [-0.4, -0.2) is 24.2 Å². The summed E-state index contributed by atoms with van der Waals surface area (Å²) in [5.41, 5.74) is -0.500. The minimum atomic E-state index is -0.500. The molecule has 1 fully saturated rings. The van der Waals surface area contributed by atoms with Crippen molar-refractivity contribution in [3.05, 3.63) is 0 Å². The van der Waals surface area contributed by atoms with Crippen molar-refractivity contribution >= 4 is 5.97 Å². The summed E-state index contributed by atoms with van der Waals surface area (Å²) in [5, 5.41) is 3.74. The highest BCUT2D eigenvalue weighted by Crippen LogP contribution is 2.30. The molecule has 21 heavy (non-hydrogen) atoms. The lowest BCUT2D eigenvalue weighted by atomic mass is 9.80. The van der Waals surface area contributed by atoms with Gasteiger partial charge in [0.2, 0.25) is 0 Å². The molecule has 0 radical (unpaired) electrons. The van der Waals surface area contributed by atoms with Gasteiger partial charge in [0.05, 0.1) is 6.61 Å². The van der Waals surface area contributed by atoms with Gasteiger partial charge < -0.3 is 4.74 Å². The van der Waals surface area contributed by atoms with Crippen molar-refractivity contribution in [1.82, 2.24) is 5.32 Å². The molecule has 1 rings (SSSR count). The Kier molecular flexibility index (Phi) is 7.72. The molecule has 0 atom stereocenters. The Morgan fingerprint density at radius 1 is 1.10 bits per heavy atom. The minimum absolute atomic E-state index is 0.0435. The summed E-state index contributed by atoms with van der Waals surface area (Å²) in [6.07, 6.45) is 7.99. The first kappa shape index (κ1) is 18.5. The van der Waals surface area contributed by atoms with Crippen molar-refractivity contribution in [3.63, 3.8) is 0 Å². The molecule has 0 saturated heterocycles. The fraction of sp³-hybridized carbons (Fsp3) is 0.944. The quantitative estimate of drug-likeness (QED) is 0.679. The second-order valence-corrected chi connectivity index (χ2v) is 7.48. The van der Waals surface area contributed by atoms with Crippen molar-refractivity contribution in [1.29, 1.82) is 0 Å². The second-order valence-electron chi connectivity index (χ2n) is 7.48. The molecular formula is C18H35NO2. The maximum absolute atomic E-state index is 12.7. The van der Waals surface area contributed by atoms with Crippen molar-refractivity contribution in [3.8, 4) is 0 Å². The van der Waals surface area contributed by atoms with Gasteiger partial charge >= 0.3 is 5.97 Å². The predicted molar refractivity (Wildman–Crippen MR) is 88.3 cm³/mol. The minimum Gasteiger partial charge on any atom is -0.465 e. The van der Waals surface area contributed by atoms with Crippen LogP contribution in [-0.2, 0) is 9.53 Å². The van der Waals surface area contributed by atoms with E-state index in [0.717, 1.165) is 12.8 Å². The van der Waals surface area contributed by atoms with Gasteiger partial charge in [-0.25, -0.2) is 0 Å². The van der Waals surface area contributed by atoms with E-state index in [-0.39, 0.29) is 5.97 Å². The van der Waals surface area contributed by atoms with Crippen LogP contribution in [0.3, 0.4) is 0 Å². The molecule has 0 spiro atoms. The number of carbonyl (C=O) groups excluding carboxylic acids is 1. The summed E-state index contributed by atoms with van der Waals surface area (Å²) in [7, 11) is 0. The van der Waals surface area contributed by atoms with Crippen LogP contribution in [0, 0.1) is 11.8 Å². The molecule has 1 saturated carbocycles.